The molecule has 0 unspecified atom stereocenters. The van der Waals surface area contributed by atoms with E-state index in [4.69, 9.17) is 21.1 Å². The lowest BCUT2D eigenvalue weighted by atomic mass is 9.77. The monoisotopic (exact) mass is 521 g/mol. The molecule has 0 bridgehead atoms. The van der Waals surface area contributed by atoms with E-state index in [1.54, 1.807) is 31.4 Å². The first-order valence-corrected chi connectivity index (χ1v) is 12.9. The Morgan fingerprint density at radius 1 is 0.973 bits per heavy atom. The van der Waals surface area contributed by atoms with Crippen LogP contribution >= 0.6 is 11.6 Å². The minimum absolute atomic E-state index is 0.0308. The summed E-state index contributed by atoms with van der Waals surface area (Å²) in [6, 6.07) is 13.6. The molecule has 0 saturated carbocycles. The molecule has 1 aromatic heterocycles. The van der Waals surface area contributed by atoms with Gasteiger partial charge >= 0.3 is 0 Å². The number of carbonyl (C=O) groups excluding carboxylic acids is 2. The zero-order valence-corrected chi connectivity index (χ0v) is 22.3. The Balaban J connectivity index is 1.21. The smallest absolute Gasteiger partial charge is 0.270 e. The summed E-state index contributed by atoms with van der Waals surface area (Å²) in [7, 11) is 5.04. The molecule has 0 atom stereocenters. The molecule has 3 aromatic rings. The van der Waals surface area contributed by atoms with Crippen molar-refractivity contribution in [3.63, 3.8) is 0 Å². The highest BCUT2D eigenvalue weighted by molar-refractivity contribution is 6.33. The Kier molecular flexibility index (Phi) is 6.90. The van der Waals surface area contributed by atoms with Crippen LogP contribution in [0.15, 0.2) is 48.5 Å². The number of methoxy groups -OCH3 is 2. The molecule has 0 N–H and O–H groups in total. The molecule has 37 heavy (non-hydrogen) atoms. The molecule has 194 valence electrons. The number of para-hydroxylation sites is 1. The maximum atomic E-state index is 13.3. The van der Waals surface area contributed by atoms with Crippen LogP contribution in [0.3, 0.4) is 0 Å². The lowest BCUT2D eigenvalue weighted by molar-refractivity contribution is -0.125. The first-order valence-electron chi connectivity index (χ1n) is 12.6. The van der Waals surface area contributed by atoms with Gasteiger partial charge in [-0.3, -0.25) is 9.59 Å². The summed E-state index contributed by atoms with van der Waals surface area (Å²) in [5, 5.41) is 1.49. The Morgan fingerprint density at radius 3 is 2.35 bits per heavy atom. The van der Waals surface area contributed by atoms with Crippen LogP contribution in [0.1, 0.15) is 35.3 Å². The van der Waals surface area contributed by atoms with Crippen molar-refractivity contribution in [3.05, 3.63) is 64.8 Å². The van der Waals surface area contributed by atoms with E-state index in [-0.39, 0.29) is 17.2 Å². The standard InChI is InChI=1S/C29H32ClN3O4/c1-31-22-7-5-4-6-21(22)18-23(31)28(35)32-15-12-29(13-16-32)14-17-33(19-29)25(34)11-9-20-8-10-24(36-2)27(37-3)26(20)30/h4-11,18H,12-17,19H2,1-3H3. The number of piperidine rings is 1. The molecule has 0 radical (unpaired) electrons. The van der Waals surface area contributed by atoms with Gasteiger partial charge in [0.15, 0.2) is 11.5 Å². The number of rotatable bonds is 5. The summed E-state index contributed by atoms with van der Waals surface area (Å²) in [4.78, 5) is 30.2. The number of fused-ring (bicyclic) bond motifs is 1. The highest BCUT2D eigenvalue weighted by Crippen LogP contribution is 2.41. The predicted octanol–water partition coefficient (Wildman–Crippen LogP) is 5.02. The highest BCUT2D eigenvalue weighted by Gasteiger charge is 2.42. The molecule has 2 aliphatic heterocycles. The predicted molar refractivity (Wildman–Crippen MR) is 145 cm³/mol. The minimum Gasteiger partial charge on any atom is -0.493 e. The molecule has 7 nitrogen and oxygen atoms in total. The molecular formula is C29H32ClN3O4. The van der Waals surface area contributed by atoms with Crippen LogP contribution in [0.2, 0.25) is 5.02 Å². The number of carbonyl (C=O) groups is 2. The van der Waals surface area contributed by atoms with E-state index < -0.39 is 0 Å². The van der Waals surface area contributed by atoms with Gasteiger partial charge in [-0.15, -0.1) is 0 Å². The lowest BCUT2D eigenvalue weighted by Crippen LogP contribution is -2.45. The lowest BCUT2D eigenvalue weighted by Gasteiger charge is -2.39. The Bertz CT molecular complexity index is 1370. The van der Waals surface area contributed by atoms with Gasteiger partial charge in [0.25, 0.3) is 5.91 Å². The van der Waals surface area contributed by atoms with Gasteiger partial charge in [0.1, 0.15) is 5.69 Å². The molecule has 2 amide bonds. The molecule has 2 fully saturated rings. The van der Waals surface area contributed by atoms with Crippen molar-refractivity contribution in [3.8, 4) is 11.5 Å². The largest absolute Gasteiger partial charge is 0.493 e. The van der Waals surface area contributed by atoms with Gasteiger partial charge in [-0.25, -0.2) is 0 Å². The first kappa shape index (κ1) is 25.2. The van der Waals surface area contributed by atoms with E-state index in [0.29, 0.717) is 41.7 Å². The third kappa shape index (κ3) is 4.68. The quantitative estimate of drug-likeness (QED) is 0.442. The zero-order chi connectivity index (χ0) is 26.2. The molecule has 2 saturated heterocycles. The van der Waals surface area contributed by atoms with Crippen LogP contribution in [0, 0.1) is 5.41 Å². The molecule has 3 heterocycles. The number of benzene rings is 2. The fraction of sp³-hybridized carbons (Fsp3) is 0.379. The number of amides is 2. The normalized spacial score (nSPS) is 17.2. The molecule has 2 aliphatic rings. The van der Waals surface area contributed by atoms with Gasteiger partial charge in [0.05, 0.1) is 19.2 Å². The van der Waals surface area contributed by atoms with Crippen LogP contribution in [0.25, 0.3) is 17.0 Å². The number of halogens is 1. The summed E-state index contributed by atoms with van der Waals surface area (Å²) in [5.74, 6) is 1.04. The number of aromatic nitrogens is 1. The topological polar surface area (TPSA) is 64.0 Å². The molecule has 0 aliphatic carbocycles. The number of likely N-dealkylation sites (tertiary alicyclic amines) is 2. The van der Waals surface area contributed by atoms with Gasteiger partial charge in [-0.2, -0.15) is 0 Å². The Hall–Kier alpha value is -3.45. The summed E-state index contributed by atoms with van der Waals surface area (Å²) >= 11 is 6.45. The molecular weight excluding hydrogens is 490 g/mol. The number of hydrogen-bond donors (Lipinski definition) is 0. The van der Waals surface area contributed by atoms with Crippen LogP contribution in [-0.4, -0.2) is 66.6 Å². The molecule has 5 rings (SSSR count). The second-order valence-electron chi connectivity index (χ2n) is 9.99. The Morgan fingerprint density at radius 2 is 1.68 bits per heavy atom. The second kappa shape index (κ2) is 10.1. The van der Waals surface area contributed by atoms with E-state index in [1.807, 2.05) is 51.7 Å². The summed E-state index contributed by atoms with van der Waals surface area (Å²) in [6.07, 6.45) is 6.06. The van der Waals surface area contributed by atoms with Gasteiger partial charge in [0.2, 0.25) is 5.91 Å². The molecule has 1 spiro atoms. The number of hydrogen-bond acceptors (Lipinski definition) is 4. The molecule has 8 heteroatoms. The van der Waals surface area contributed by atoms with Crippen molar-refractivity contribution in [2.24, 2.45) is 12.5 Å². The summed E-state index contributed by atoms with van der Waals surface area (Å²) < 4.78 is 12.6. The summed E-state index contributed by atoms with van der Waals surface area (Å²) in [6.45, 7) is 2.85. The fourth-order valence-electron chi connectivity index (χ4n) is 5.67. The van der Waals surface area contributed by atoms with E-state index in [9.17, 15) is 9.59 Å². The Labute approximate surface area is 222 Å². The van der Waals surface area contributed by atoms with Crippen molar-refractivity contribution in [1.29, 1.82) is 0 Å². The van der Waals surface area contributed by atoms with E-state index in [1.165, 1.54) is 7.11 Å². The van der Waals surface area contributed by atoms with Crippen LogP contribution in [0.4, 0.5) is 0 Å². The summed E-state index contributed by atoms with van der Waals surface area (Å²) in [5.41, 5.74) is 2.55. The van der Waals surface area contributed by atoms with Crippen molar-refractivity contribution in [1.82, 2.24) is 14.4 Å². The minimum atomic E-state index is -0.0308. The number of ether oxygens (including phenoxy) is 2. The van der Waals surface area contributed by atoms with Gasteiger partial charge in [0, 0.05) is 50.2 Å². The van der Waals surface area contributed by atoms with Crippen molar-refractivity contribution in [2.45, 2.75) is 19.3 Å². The third-order valence-corrected chi connectivity index (χ3v) is 8.34. The van der Waals surface area contributed by atoms with Gasteiger partial charge < -0.3 is 23.8 Å². The van der Waals surface area contributed by atoms with Crippen LogP contribution in [0.5, 0.6) is 11.5 Å². The van der Waals surface area contributed by atoms with E-state index >= 15 is 0 Å². The SMILES string of the molecule is COc1ccc(C=CC(=O)N2CCC3(CCN(C(=O)c4cc5ccccc5n4C)CC3)C2)c(Cl)c1OC. The first-order chi connectivity index (χ1) is 17.9. The molecule has 2 aromatic carbocycles. The van der Waals surface area contributed by atoms with Gasteiger partial charge in [-0.05, 0) is 60.6 Å². The average molecular weight is 522 g/mol. The van der Waals surface area contributed by atoms with E-state index in [0.717, 1.165) is 42.4 Å². The van der Waals surface area contributed by atoms with Crippen molar-refractivity contribution < 1.29 is 19.1 Å². The van der Waals surface area contributed by atoms with Crippen molar-refractivity contribution in [2.75, 3.05) is 40.4 Å². The fourth-order valence-corrected chi connectivity index (χ4v) is 5.97. The average Bonchev–Trinajstić information content (AvgIpc) is 3.49. The van der Waals surface area contributed by atoms with Gasteiger partial charge in [-0.1, -0.05) is 29.8 Å². The third-order valence-electron chi connectivity index (χ3n) is 7.95. The number of aryl methyl sites for hydroxylation is 1. The zero-order valence-electron chi connectivity index (χ0n) is 21.5. The second-order valence-corrected chi connectivity index (χ2v) is 10.4. The highest BCUT2D eigenvalue weighted by atomic mass is 35.5. The van der Waals surface area contributed by atoms with Crippen LogP contribution < -0.4 is 9.47 Å². The number of nitrogens with zero attached hydrogens (tertiary/aromatic N) is 3. The van der Waals surface area contributed by atoms with E-state index in [2.05, 4.69) is 0 Å². The van der Waals surface area contributed by atoms with Crippen molar-refractivity contribution >= 4 is 40.4 Å². The maximum absolute atomic E-state index is 13.3. The maximum Gasteiger partial charge on any atom is 0.270 e. The van der Waals surface area contributed by atoms with Crippen LogP contribution in [-0.2, 0) is 11.8 Å².